The van der Waals surface area contributed by atoms with E-state index in [0.717, 1.165) is 0 Å². The van der Waals surface area contributed by atoms with Crippen molar-refractivity contribution in [3.8, 4) is 0 Å². The van der Waals surface area contributed by atoms with E-state index in [4.69, 9.17) is 5.11 Å². The molecule has 0 aliphatic heterocycles. The molecule has 0 unspecified atom stereocenters. The van der Waals surface area contributed by atoms with Gasteiger partial charge in [-0.15, -0.1) is 0 Å². The van der Waals surface area contributed by atoms with Gasteiger partial charge in [-0.1, -0.05) is 0 Å². The minimum Gasteiger partial charge on any atom is -0.397 e. The Kier molecular flexibility index (Phi) is 20.1. The first-order valence-electron chi connectivity index (χ1n) is 1.02. The Morgan fingerprint density at radius 2 is 1.75 bits per heavy atom. The second kappa shape index (κ2) is 8.82. The van der Waals surface area contributed by atoms with Crippen LogP contribution in [0, 0.1) is 0 Å². The molecule has 0 saturated heterocycles. The van der Waals surface area contributed by atoms with E-state index >= 15 is 0 Å². The topological polar surface area (TPSA) is 20.2 Å². The van der Waals surface area contributed by atoms with Crippen molar-refractivity contribution in [2.45, 2.75) is 6.92 Å². The van der Waals surface area contributed by atoms with Gasteiger partial charge in [0.1, 0.15) is 0 Å². The molecule has 0 aliphatic carbocycles. The van der Waals surface area contributed by atoms with E-state index in [1.807, 2.05) is 0 Å². The maximum Gasteiger partial charge on any atom is 2.00 e. The first-order chi connectivity index (χ1) is 1.41. The summed E-state index contributed by atoms with van der Waals surface area (Å²) in [5.41, 5.74) is 0. The van der Waals surface area contributed by atoms with E-state index in [9.17, 15) is 0 Å². The SMILES string of the molecule is CCO.[Ba+2]. The summed E-state index contributed by atoms with van der Waals surface area (Å²) in [5, 5.41) is 7.57. The minimum absolute atomic E-state index is 0. The summed E-state index contributed by atoms with van der Waals surface area (Å²) in [5.74, 6) is 0. The molecule has 0 fully saturated rings. The number of aliphatic hydroxyl groups excluding tert-OH is 1. The zero-order valence-corrected chi connectivity index (χ0v) is 7.30. The van der Waals surface area contributed by atoms with E-state index in [1.165, 1.54) is 0 Å². The second-order valence-electron chi connectivity index (χ2n) is 0.316. The van der Waals surface area contributed by atoms with Gasteiger partial charge in [-0.3, -0.25) is 0 Å². The fourth-order valence-electron chi connectivity index (χ4n) is 0. The monoisotopic (exact) mass is 184 g/mol. The molecule has 4 heavy (non-hydrogen) atoms. The average Bonchev–Trinajstić information content (AvgIpc) is 0.918. The minimum atomic E-state index is 0. The van der Waals surface area contributed by atoms with Crippen LogP contribution >= 0.6 is 0 Å². The first-order valence-corrected chi connectivity index (χ1v) is 1.02. The molecular weight excluding hydrogens is 177 g/mol. The Hall–Kier alpha value is 1.53. The van der Waals surface area contributed by atoms with Crippen LogP contribution < -0.4 is 0 Å². The Bertz CT molecular complexity index is 6.00. The fraction of sp³-hybridized carbons (Fsp3) is 1.00. The molecule has 1 N–H and O–H groups in total. The Morgan fingerprint density at radius 1 is 1.75 bits per heavy atom. The predicted octanol–water partition coefficient (Wildman–Crippen LogP) is -0.382. The van der Waals surface area contributed by atoms with Gasteiger partial charge in [0, 0.05) is 6.61 Å². The van der Waals surface area contributed by atoms with Crippen LogP contribution in [-0.4, -0.2) is 60.6 Å². The van der Waals surface area contributed by atoms with Crippen molar-refractivity contribution in [2.75, 3.05) is 6.61 Å². The van der Waals surface area contributed by atoms with E-state index in [1.54, 1.807) is 6.92 Å². The summed E-state index contributed by atoms with van der Waals surface area (Å²) in [7, 11) is 0. The second-order valence-corrected chi connectivity index (χ2v) is 0.316. The van der Waals surface area contributed by atoms with Crippen LogP contribution in [0.15, 0.2) is 0 Å². The van der Waals surface area contributed by atoms with E-state index in [2.05, 4.69) is 0 Å². The maximum atomic E-state index is 7.57. The molecule has 0 rings (SSSR count). The number of hydrogen-bond acceptors (Lipinski definition) is 1. The molecule has 1 nitrogen and oxygen atoms in total. The van der Waals surface area contributed by atoms with Crippen molar-refractivity contribution in [1.82, 2.24) is 0 Å². The fourth-order valence-corrected chi connectivity index (χ4v) is 0. The third-order valence-electron chi connectivity index (χ3n) is 0. The third-order valence-corrected chi connectivity index (χ3v) is 0. The summed E-state index contributed by atoms with van der Waals surface area (Å²) in [6, 6.07) is 0. The van der Waals surface area contributed by atoms with Gasteiger partial charge >= 0.3 is 48.9 Å². The quantitative estimate of drug-likeness (QED) is 0.508. The predicted molar refractivity (Wildman–Crippen MR) is 18.5 cm³/mol. The van der Waals surface area contributed by atoms with Crippen molar-refractivity contribution in [3.05, 3.63) is 0 Å². The van der Waals surface area contributed by atoms with Gasteiger partial charge in [0.2, 0.25) is 0 Å². The molecule has 20 valence electrons. The molecule has 2 heteroatoms. The van der Waals surface area contributed by atoms with Crippen LogP contribution in [0.4, 0.5) is 0 Å². The van der Waals surface area contributed by atoms with Crippen molar-refractivity contribution < 1.29 is 5.11 Å². The summed E-state index contributed by atoms with van der Waals surface area (Å²) in [6.45, 7) is 1.93. The standard InChI is InChI=1S/C2H6O.Ba/c1-2-3;/h3H,2H2,1H3;/q;+2. The van der Waals surface area contributed by atoms with Gasteiger partial charge in [-0.2, -0.15) is 0 Å². The molecule has 0 aromatic heterocycles. The van der Waals surface area contributed by atoms with Crippen LogP contribution in [0.25, 0.3) is 0 Å². The van der Waals surface area contributed by atoms with Crippen molar-refractivity contribution >= 4 is 48.9 Å². The molecule has 0 amide bonds. The van der Waals surface area contributed by atoms with Crippen molar-refractivity contribution in [1.29, 1.82) is 0 Å². The van der Waals surface area contributed by atoms with Gasteiger partial charge in [-0.05, 0) is 6.92 Å². The van der Waals surface area contributed by atoms with Crippen LogP contribution in [0.5, 0.6) is 0 Å². The molecular formula is C2H6BaO+2. The smallest absolute Gasteiger partial charge is 0.397 e. The molecule has 0 aromatic rings. The molecule has 0 atom stereocenters. The Balaban J connectivity index is 0. The van der Waals surface area contributed by atoms with Crippen LogP contribution in [0.2, 0.25) is 0 Å². The van der Waals surface area contributed by atoms with Crippen molar-refractivity contribution in [3.63, 3.8) is 0 Å². The number of rotatable bonds is 0. The summed E-state index contributed by atoms with van der Waals surface area (Å²) >= 11 is 0. The molecule has 0 aliphatic rings. The largest absolute Gasteiger partial charge is 2.00 e. The average molecular weight is 183 g/mol. The van der Waals surface area contributed by atoms with Gasteiger partial charge in [-0.25, -0.2) is 0 Å². The maximum absolute atomic E-state index is 7.57. The van der Waals surface area contributed by atoms with Gasteiger partial charge in [0.15, 0.2) is 0 Å². The first kappa shape index (κ1) is 9.11. The Morgan fingerprint density at radius 3 is 1.75 bits per heavy atom. The van der Waals surface area contributed by atoms with E-state index in [-0.39, 0.29) is 55.5 Å². The van der Waals surface area contributed by atoms with Crippen LogP contribution in [0.1, 0.15) is 6.92 Å². The molecule has 0 bridgehead atoms. The molecule has 0 aromatic carbocycles. The van der Waals surface area contributed by atoms with E-state index in [0.29, 0.717) is 0 Å². The third kappa shape index (κ3) is 9.65. The van der Waals surface area contributed by atoms with Crippen LogP contribution in [0.3, 0.4) is 0 Å². The zero-order chi connectivity index (χ0) is 2.71. The molecule has 0 heterocycles. The van der Waals surface area contributed by atoms with Gasteiger partial charge in [0.05, 0.1) is 0 Å². The summed E-state index contributed by atoms with van der Waals surface area (Å²) < 4.78 is 0. The normalized spacial score (nSPS) is 4.50. The number of aliphatic hydroxyl groups is 1. The molecule has 0 radical (unpaired) electrons. The summed E-state index contributed by atoms with van der Waals surface area (Å²) in [4.78, 5) is 0. The van der Waals surface area contributed by atoms with Crippen molar-refractivity contribution in [2.24, 2.45) is 0 Å². The van der Waals surface area contributed by atoms with Gasteiger partial charge in [0.25, 0.3) is 0 Å². The Labute approximate surface area is 66.5 Å². The van der Waals surface area contributed by atoms with Crippen LogP contribution in [-0.2, 0) is 0 Å². The van der Waals surface area contributed by atoms with Gasteiger partial charge < -0.3 is 5.11 Å². The summed E-state index contributed by atoms with van der Waals surface area (Å²) in [6.07, 6.45) is 0. The molecule has 0 saturated carbocycles. The number of hydrogen-bond donors (Lipinski definition) is 1. The molecule has 0 spiro atoms. The zero-order valence-electron chi connectivity index (χ0n) is 2.86. The van der Waals surface area contributed by atoms with E-state index < -0.39 is 0 Å².